The number of carbonyl (C=O) groups is 1. The lowest BCUT2D eigenvalue weighted by atomic mass is 10.0. The molecule has 0 unspecified atom stereocenters. The zero-order valence-electron chi connectivity index (χ0n) is 12.6. The van der Waals surface area contributed by atoms with Gasteiger partial charge >= 0.3 is 0 Å². The van der Waals surface area contributed by atoms with Crippen LogP contribution < -0.4 is 5.32 Å². The van der Waals surface area contributed by atoms with Gasteiger partial charge in [0.25, 0.3) is 5.91 Å². The number of pyridine rings is 1. The summed E-state index contributed by atoms with van der Waals surface area (Å²) in [5.74, 6) is 0.181. The lowest BCUT2D eigenvalue weighted by Gasteiger charge is -2.32. The third-order valence-corrected chi connectivity index (χ3v) is 6.39. The predicted molar refractivity (Wildman–Crippen MR) is 96.5 cm³/mol. The minimum absolute atomic E-state index is 0.181. The quantitative estimate of drug-likeness (QED) is 0.779. The van der Waals surface area contributed by atoms with Gasteiger partial charge < -0.3 is 10.2 Å². The van der Waals surface area contributed by atoms with E-state index in [4.69, 9.17) is 0 Å². The van der Waals surface area contributed by atoms with Crippen molar-refractivity contribution in [3.8, 4) is 0 Å². The van der Waals surface area contributed by atoms with E-state index in [1.807, 2.05) is 23.1 Å². The summed E-state index contributed by atoms with van der Waals surface area (Å²) in [6.45, 7) is 1.63. The third-order valence-electron chi connectivity index (χ3n) is 4.19. The normalized spacial score (nSPS) is 15.9. The van der Waals surface area contributed by atoms with Crippen molar-refractivity contribution in [2.24, 2.45) is 0 Å². The molecule has 0 saturated carbocycles. The Morgan fingerprint density at radius 1 is 1.22 bits per heavy atom. The summed E-state index contributed by atoms with van der Waals surface area (Å²) in [5.41, 5.74) is 1.10. The second-order valence-corrected chi connectivity index (χ2v) is 7.95. The highest BCUT2D eigenvalue weighted by Crippen LogP contribution is 2.31. The van der Waals surface area contributed by atoms with Gasteiger partial charge in [-0.05, 0) is 42.5 Å². The molecule has 0 aliphatic carbocycles. The van der Waals surface area contributed by atoms with Gasteiger partial charge in [-0.3, -0.25) is 9.78 Å². The fraction of sp³-hybridized carbons (Fsp3) is 0.294. The summed E-state index contributed by atoms with van der Waals surface area (Å²) < 4.78 is 1.24. The van der Waals surface area contributed by atoms with Crippen LogP contribution in [0.15, 0.2) is 42.0 Å². The molecule has 0 atom stereocenters. The molecule has 1 amide bonds. The van der Waals surface area contributed by atoms with E-state index in [-0.39, 0.29) is 5.91 Å². The summed E-state index contributed by atoms with van der Waals surface area (Å²) in [4.78, 5) is 19.5. The first-order valence-electron chi connectivity index (χ1n) is 7.72. The number of nitrogens with one attached hydrogen (secondary N) is 1. The molecule has 118 valence electrons. The number of thiophene rings is 2. The maximum Gasteiger partial charge on any atom is 0.263 e. The van der Waals surface area contributed by atoms with Gasteiger partial charge in [0.05, 0.1) is 8.89 Å². The van der Waals surface area contributed by atoms with Crippen LogP contribution in [0.25, 0.3) is 9.40 Å². The van der Waals surface area contributed by atoms with Crippen LogP contribution in [0.5, 0.6) is 0 Å². The van der Waals surface area contributed by atoms with Crippen LogP contribution in [0.4, 0.5) is 5.69 Å². The Labute approximate surface area is 142 Å². The van der Waals surface area contributed by atoms with Crippen LogP contribution in [0.1, 0.15) is 22.5 Å². The minimum Gasteiger partial charge on any atom is -0.382 e. The van der Waals surface area contributed by atoms with Crippen molar-refractivity contribution in [1.29, 1.82) is 0 Å². The molecule has 4 nitrogen and oxygen atoms in total. The highest BCUT2D eigenvalue weighted by Gasteiger charge is 2.24. The fourth-order valence-corrected chi connectivity index (χ4v) is 5.01. The first kappa shape index (κ1) is 14.7. The standard InChI is InChI=1S/C17H17N3OS2/c21-16(15-11-12-5-10-22-17(12)23-15)20-8-3-14(4-9-20)19-13-1-6-18-7-2-13/h1-2,5-7,10-11,14H,3-4,8-9H2,(H,18,19). The molecule has 3 aromatic heterocycles. The van der Waals surface area contributed by atoms with Crippen LogP contribution in [0, 0.1) is 0 Å². The van der Waals surface area contributed by atoms with Gasteiger partial charge in [0.2, 0.25) is 0 Å². The van der Waals surface area contributed by atoms with E-state index in [9.17, 15) is 4.79 Å². The number of fused-ring (bicyclic) bond motifs is 1. The summed E-state index contributed by atoms with van der Waals surface area (Å²) >= 11 is 3.32. The van der Waals surface area contributed by atoms with E-state index in [0.717, 1.165) is 36.5 Å². The van der Waals surface area contributed by atoms with Crippen molar-refractivity contribution in [3.63, 3.8) is 0 Å². The first-order valence-corrected chi connectivity index (χ1v) is 9.42. The Bertz CT molecular complexity index is 775. The summed E-state index contributed by atoms with van der Waals surface area (Å²) in [7, 11) is 0. The molecule has 1 N–H and O–H groups in total. The van der Waals surface area contributed by atoms with E-state index in [1.165, 1.54) is 9.40 Å². The average Bonchev–Trinajstić information content (AvgIpc) is 3.17. The van der Waals surface area contributed by atoms with Crippen molar-refractivity contribution >= 4 is 43.7 Å². The highest BCUT2D eigenvalue weighted by molar-refractivity contribution is 7.38. The topological polar surface area (TPSA) is 45.2 Å². The van der Waals surface area contributed by atoms with E-state index < -0.39 is 0 Å². The molecule has 1 saturated heterocycles. The fourth-order valence-electron chi connectivity index (χ4n) is 2.94. The Morgan fingerprint density at radius 2 is 2.00 bits per heavy atom. The van der Waals surface area contributed by atoms with Crippen LogP contribution >= 0.6 is 22.7 Å². The first-order chi connectivity index (χ1) is 11.3. The number of piperidine rings is 1. The van der Waals surface area contributed by atoms with Crippen molar-refractivity contribution in [3.05, 3.63) is 46.9 Å². The SMILES string of the molecule is O=C(c1cc2ccsc2s1)N1CCC(Nc2ccncc2)CC1. The molecule has 4 heterocycles. The number of rotatable bonds is 3. The van der Waals surface area contributed by atoms with E-state index in [1.54, 1.807) is 35.1 Å². The third kappa shape index (κ3) is 3.09. The van der Waals surface area contributed by atoms with Gasteiger partial charge in [-0.1, -0.05) is 0 Å². The van der Waals surface area contributed by atoms with Gasteiger partial charge in [0, 0.05) is 42.6 Å². The molecule has 0 aromatic carbocycles. The van der Waals surface area contributed by atoms with Crippen LogP contribution in [-0.2, 0) is 0 Å². The molecule has 1 fully saturated rings. The van der Waals surface area contributed by atoms with Gasteiger partial charge in [-0.2, -0.15) is 0 Å². The van der Waals surface area contributed by atoms with Crippen molar-refractivity contribution in [2.45, 2.75) is 18.9 Å². The molecule has 6 heteroatoms. The summed E-state index contributed by atoms with van der Waals surface area (Å²) in [5, 5.41) is 6.79. The van der Waals surface area contributed by atoms with Crippen molar-refractivity contribution < 1.29 is 4.79 Å². The summed E-state index contributed by atoms with van der Waals surface area (Å²) in [6, 6.07) is 8.50. The lowest BCUT2D eigenvalue weighted by Crippen LogP contribution is -2.42. The number of carbonyl (C=O) groups excluding carboxylic acids is 1. The van der Waals surface area contributed by atoms with E-state index >= 15 is 0 Å². The predicted octanol–water partition coefficient (Wildman–Crippen LogP) is 4.07. The molecular weight excluding hydrogens is 326 g/mol. The molecule has 0 bridgehead atoms. The molecule has 0 radical (unpaired) electrons. The Hall–Kier alpha value is -1.92. The van der Waals surface area contributed by atoms with Crippen molar-refractivity contribution in [2.75, 3.05) is 18.4 Å². The highest BCUT2D eigenvalue weighted by atomic mass is 32.2. The smallest absolute Gasteiger partial charge is 0.263 e. The molecule has 0 spiro atoms. The van der Waals surface area contributed by atoms with Gasteiger partial charge in [0.1, 0.15) is 0 Å². The zero-order chi connectivity index (χ0) is 15.6. The largest absolute Gasteiger partial charge is 0.382 e. The van der Waals surface area contributed by atoms with Crippen LogP contribution in [-0.4, -0.2) is 34.9 Å². The number of anilines is 1. The lowest BCUT2D eigenvalue weighted by molar-refractivity contribution is 0.0723. The number of hydrogen-bond donors (Lipinski definition) is 1. The molecule has 23 heavy (non-hydrogen) atoms. The van der Waals surface area contributed by atoms with E-state index in [0.29, 0.717) is 6.04 Å². The Morgan fingerprint density at radius 3 is 2.74 bits per heavy atom. The monoisotopic (exact) mass is 343 g/mol. The maximum absolute atomic E-state index is 12.6. The Kier molecular flexibility index (Phi) is 4.01. The molecule has 1 aliphatic rings. The second kappa shape index (κ2) is 6.29. The summed E-state index contributed by atoms with van der Waals surface area (Å²) in [6.07, 6.45) is 5.55. The van der Waals surface area contributed by atoms with Crippen LogP contribution in [0.3, 0.4) is 0 Å². The van der Waals surface area contributed by atoms with Gasteiger partial charge in [-0.15, -0.1) is 22.7 Å². The van der Waals surface area contributed by atoms with Crippen molar-refractivity contribution in [1.82, 2.24) is 9.88 Å². The number of hydrogen-bond acceptors (Lipinski definition) is 5. The number of amides is 1. The molecule has 4 rings (SSSR count). The second-order valence-electron chi connectivity index (χ2n) is 5.72. The molecule has 3 aromatic rings. The zero-order valence-corrected chi connectivity index (χ0v) is 14.2. The number of nitrogens with zero attached hydrogens (tertiary/aromatic N) is 2. The van der Waals surface area contributed by atoms with E-state index in [2.05, 4.69) is 21.7 Å². The number of aromatic nitrogens is 1. The number of likely N-dealkylation sites (tertiary alicyclic amines) is 1. The van der Waals surface area contributed by atoms with Gasteiger partial charge in [-0.25, -0.2) is 0 Å². The maximum atomic E-state index is 12.6. The molecule has 1 aliphatic heterocycles. The van der Waals surface area contributed by atoms with Crippen LogP contribution in [0.2, 0.25) is 0 Å². The van der Waals surface area contributed by atoms with Gasteiger partial charge in [0.15, 0.2) is 0 Å². The Balaban J connectivity index is 1.37. The average molecular weight is 343 g/mol. The molecular formula is C17H17N3OS2. The minimum atomic E-state index is 0.181.